The molecule has 0 radical (unpaired) electrons. The van der Waals surface area contributed by atoms with Crippen molar-refractivity contribution in [2.24, 2.45) is 12.1 Å². The summed E-state index contributed by atoms with van der Waals surface area (Å²) in [7, 11) is 3.71. The van der Waals surface area contributed by atoms with Crippen LogP contribution in [0, 0.1) is 0 Å². The van der Waals surface area contributed by atoms with Crippen molar-refractivity contribution in [3.63, 3.8) is 0 Å². The maximum Gasteiger partial charge on any atom is 0.167 e. The van der Waals surface area contributed by atoms with E-state index in [1.54, 1.807) is 35.0 Å². The van der Waals surface area contributed by atoms with Gasteiger partial charge in [0.25, 0.3) is 0 Å². The van der Waals surface area contributed by atoms with E-state index in [0.29, 0.717) is 18.7 Å². The molecule has 0 fully saturated rings. The quantitative estimate of drug-likeness (QED) is 0.296. The van der Waals surface area contributed by atoms with Crippen molar-refractivity contribution in [3.05, 3.63) is 64.3 Å². The van der Waals surface area contributed by atoms with Crippen molar-refractivity contribution in [2.75, 3.05) is 7.05 Å². The fourth-order valence-electron chi connectivity index (χ4n) is 2.98. The van der Waals surface area contributed by atoms with E-state index in [1.807, 2.05) is 42.9 Å². The second kappa shape index (κ2) is 7.73. The molecule has 28 heavy (non-hydrogen) atoms. The van der Waals surface area contributed by atoms with Gasteiger partial charge in [-0.05, 0) is 18.2 Å². The van der Waals surface area contributed by atoms with Crippen molar-refractivity contribution < 1.29 is 4.79 Å². The first kappa shape index (κ1) is 18.1. The molecule has 0 saturated carbocycles. The number of rotatable bonds is 7. The number of hydrogen-bond acceptors (Lipinski definition) is 7. The van der Waals surface area contributed by atoms with E-state index in [1.165, 1.54) is 0 Å². The summed E-state index contributed by atoms with van der Waals surface area (Å²) in [5.41, 5.74) is 3.99. The number of nitrogens with one attached hydrogen (secondary N) is 1. The van der Waals surface area contributed by atoms with Crippen LogP contribution in [0.2, 0.25) is 0 Å². The Balaban J connectivity index is 1.64. The maximum atomic E-state index is 11.6. The van der Waals surface area contributed by atoms with Gasteiger partial charge in [0.05, 0.1) is 28.8 Å². The number of hydrazone groups is 1. The molecule has 0 atom stereocenters. The number of H-pyrrole nitrogens is 1. The molecule has 0 aliphatic carbocycles. The summed E-state index contributed by atoms with van der Waals surface area (Å²) in [6, 6.07) is 7.74. The average molecular weight is 393 g/mol. The third-order valence-corrected chi connectivity index (χ3v) is 5.43. The summed E-state index contributed by atoms with van der Waals surface area (Å²) in [5.74, 6) is 0. The molecular weight excluding hydrogens is 374 g/mol. The molecule has 0 aromatic carbocycles. The number of pyridine rings is 1. The van der Waals surface area contributed by atoms with Crippen LogP contribution in [0.1, 0.15) is 32.4 Å². The zero-order valence-corrected chi connectivity index (χ0v) is 16.3. The van der Waals surface area contributed by atoms with Gasteiger partial charge >= 0.3 is 0 Å². The number of aldehydes is 1. The first-order chi connectivity index (χ1) is 13.7. The molecule has 8 nitrogen and oxygen atoms in total. The van der Waals surface area contributed by atoms with Gasteiger partial charge in [0, 0.05) is 44.2 Å². The third kappa shape index (κ3) is 3.56. The number of hydrogen-bond donors (Lipinski definition) is 1. The highest BCUT2D eigenvalue weighted by molar-refractivity contribution is 7.19. The normalized spacial score (nSPS) is 11.5. The van der Waals surface area contributed by atoms with Crippen LogP contribution in [0.4, 0.5) is 0 Å². The number of aromatic nitrogens is 5. The summed E-state index contributed by atoms with van der Waals surface area (Å²) in [6.45, 7) is 0.569. The molecule has 4 aromatic heterocycles. The van der Waals surface area contributed by atoms with Gasteiger partial charge in [-0.1, -0.05) is 6.07 Å². The highest BCUT2D eigenvalue weighted by Gasteiger charge is 2.18. The van der Waals surface area contributed by atoms with Crippen molar-refractivity contribution in [1.29, 1.82) is 0 Å². The second-order valence-corrected chi connectivity index (χ2v) is 7.44. The summed E-state index contributed by atoms with van der Waals surface area (Å²) < 4.78 is 2.77. The van der Waals surface area contributed by atoms with Crippen LogP contribution in [0.5, 0.6) is 0 Å². The highest BCUT2D eigenvalue weighted by atomic mass is 32.1. The van der Waals surface area contributed by atoms with E-state index in [4.69, 9.17) is 4.98 Å². The van der Waals surface area contributed by atoms with Gasteiger partial charge in [0.15, 0.2) is 11.9 Å². The smallest absolute Gasteiger partial charge is 0.167 e. The number of carbonyl (C=O) groups excluding carboxylic acids is 1. The Labute approximate surface area is 165 Å². The number of nitrogens with zero attached hydrogens (tertiary/aromatic N) is 6. The molecule has 0 bridgehead atoms. The first-order valence-corrected chi connectivity index (χ1v) is 9.54. The zero-order valence-electron chi connectivity index (χ0n) is 15.5. The Morgan fingerprint density at radius 3 is 2.93 bits per heavy atom. The molecule has 4 rings (SSSR count). The van der Waals surface area contributed by atoms with Gasteiger partial charge in [0.2, 0.25) is 0 Å². The molecule has 0 unspecified atom stereocenters. The van der Waals surface area contributed by atoms with Crippen molar-refractivity contribution in [2.45, 2.75) is 13.0 Å². The van der Waals surface area contributed by atoms with Gasteiger partial charge in [-0.3, -0.25) is 19.9 Å². The Bertz CT molecular complexity index is 1110. The van der Waals surface area contributed by atoms with Crippen LogP contribution in [0.15, 0.2) is 41.8 Å². The lowest BCUT2D eigenvalue weighted by atomic mass is 10.3. The van der Waals surface area contributed by atoms with E-state index >= 15 is 0 Å². The van der Waals surface area contributed by atoms with E-state index < -0.39 is 0 Å². The Morgan fingerprint density at radius 2 is 2.21 bits per heavy atom. The van der Waals surface area contributed by atoms with Gasteiger partial charge in [-0.2, -0.15) is 10.2 Å². The molecular formula is C19H19N7OS. The number of aryl methyl sites for hydroxylation is 1. The topological polar surface area (TPSA) is 92.1 Å². The van der Waals surface area contributed by atoms with Gasteiger partial charge in [0.1, 0.15) is 5.01 Å². The number of aromatic amines is 1. The predicted molar refractivity (Wildman–Crippen MR) is 109 cm³/mol. The Morgan fingerprint density at radius 1 is 1.32 bits per heavy atom. The summed E-state index contributed by atoms with van der Waals surface area (Å²) >= 11 is 1.57. The lowest BCUT2D eigenvalue weighted by Gasteiger charge is -2.10. The molecule has 0 aliphatic heterocycles. The van der Waals surface area contributed by atoms with E-state index in [0.717, 1.165) is 38.6 Å². The maximum absolute atomic E-state index is 11.6. The number of carbonyl (C=O) groups is 1. The lowest BCUT2D eigenvalue weighted by Crippen LogP contribution is -2.11. The van der Waals surface area contributed by atoms with Gasteiger partial charge in [-0.25, -0.2) is 4.98 Å². The number of fused-ring (bicyclic) bond motifs is 1. The fraction of sp³-hybridized carbons (Fsp3) is 0.211. The summed E-state index contributed by atoms with van der Waals surface area (Å²) in [5, 5.41) is 14.1. The van der Waals surface area contributed by atoms with Crippen molar-refractivity contribution in [3.8, 4) is 0 Å². The van der Waals surface area contributed by atoms with Crippen LogP contribution >= 0.6 is 11.3 Å². The lowest BCUT2D eigenvalue weighted by molar-refractivity contribution is 0.111. The van der Waals surface area contributed by atoms with Gasteiger partial charge in [-0.15, -0.1) is 11.3 Å². The minimum Gasteiger partial charge on any atom is -0.325 e. The molecule has 0 aliphatic rings. The van der Waals surface area contributed by atoms with E-state index in [-0.39, 0.29) is 0 Å². The van der Waals surface area contributed by atoms with Crippen LogP contribution in [-0.2, 0) is 20.0 Å². The molecule has 0 amide bonds. The molecule has 1 N–H and O–H groups in total. The minimum atomic E-state index is 0.565. The van der Waals surface area contributed by atoms with Crippen LogP contribution in [-0.4, -0.2) is 49.3 Å². The van der Waals surface area contributed by atoms with Gasteiger partial charge < -0.3 is 4.57 Å². The van der Waals surface area contributed by atoms with Crippen LogP contribution < -0.4 is 0 Å². The third-order valence-electron chi connectivity index (χ3n) is 4.36. The molecule has 4 aromatic rings. The summed E-state index contributed by atoms with van der Waals surface area (Å²) in [4.78, 5) is 20.7. The number of thiazole rings is 1. The van der Waals surface area contributed by atoms with E-state index in [2.05, 4.69) is 20.3 Å². The first-order valence-electron chi connectivity index (χ1n) is 8.72. The van der Waals surface area contributed by atoms with Crippen LogP contribution in [0.3, 0.4) is 0 Å². The zero-order chi connectivity index (χ0) is 19.5. The molecule has 9 heteroatoms. The van der Waals surface area contributed by atoms with Crippen molar-refractivity contribution >= 4 is 34.2 Å². The van der Waals surface area contributed by atoms with Crippen molar-refractivity contribution in [1.82, 2.24) is 29.7 Å². The van der Waals surface area contributed by atoms with E-state index in [9.17, 15) is 4.79 Å². The highest BCUT2D eigenvalue weighted by Crippen LogP contribution is 2.30. The SMILES string of the molecule is CN(Cc1cc[nH]n1)/N=C\c1c(C=O)n(C)c2nc(Cc3ccccn3)sc12. The largest absolute Gasteiger partial charge is 0.325 e. The average Bonchev–Trinajstić information content (AvgIpc) is 3.39. The molecule has 4 heterocycles. The summed E-state index contributed by atoms with van der Waals surface area (Å²) in [6.07, 6.45) is 6.79. The second-order valence-electron chi connectivity index (χ2n) is 6.36. The predicted octanol–water partition coefficient (Wildman–Crippen LogP) is 2.62. The monoisotopic (exact) mass is 393 g/mol. The standard InChI is InChI=1S/C19H19N7OS/c1-25(11-14-6-8-21-24-14)22-10-15-16(12-27)26(2)19-18(15)28-17(23-19)9-13-5-3-4-7-20-13/h3-8,10,12H,9,11H2,1-2H3,(H,21,24)/b22-10-. The minimum absolute atomic E-state index is 0.565. The Hall–Kier alpha value is -3.33. The fourth-order valence-corrected chi connectivity index (χ4v) is 4.11. The molecule has 0 saturated heterocycles. The molecule has 0 spiro atoms. The molecule has 142 valence electrons. The van der Waals surface area contributed by atoms with Crippen LogP contribution in [0.25, 0.3) is 10.3 Å². The Kier molecular flexibility index (Phi) is 4.98.